The zero-order chi connectivity index (χ0) is 22.9. The second kappa shape index (κ2) is 11.3. The van der Waals surface area contributed by atoms with Gasteiger partial charge in [-0.05, 0) is 28.7 Å². The van der Waals surface area contributed by atoms with E-state index in [4.69, 9.17) is 14.6 Å². The van der Waals surface area contributed by atoms with Crippen molar-refractivity contribution in [3.63, 3.8) is 0 Å². The molecular weight excluding hydrogens is 412 g/mol. The molecule has 170 valence electrons. The maximum Gasteiger partial charge on any atom is 0.407 e. The Hall–Kier alpha value is -3.39. The number of nitrogens with one attached hydrogen (secondary N) is 1. The summed E-state index contributed by atoms with van der Waals surface area (Å²) in [4.78, 5) is 36.6. The van der Waals surface area contributed by atoms with E-state index in [1.807, 2.05) is 24.3 Å². The SMILES string of the molecule is COCCN(CC(=O)O)C(=O)CCCNC(=O)OCC1c2ccccc2-c2ccccc21. The number of benzene rings is 2. The summed E-state index contributed by atoms with van der Waals surface area (Å²) in [6, 6.07) is 16.2. The average molecular weight is 440 g/mol. The van der Waals surface area contributed by atoms with E-state index in [-0.39, 0.29) is 51.1 Å². The number of alkyl carbamates (subject to hydrolysis) is 1. The van der Waals surface area contributed by atoms with Crippen molar-refractivity contribution in [3.05, 3.63) is 59.7 Å². The molecule has 8 heteroatoms. The second-order valence-corrected chi connectivity index (χ2v) is 7.56. The molecule has 0 fully saturated rings. The van der Waals surface area contributed by atoms with Crippen LogP contribution in [0.15, 0.2) is 48.5 Å². The first-order valence-electron chi connectivity index (χ1n) is 10.6. The summed E-state index contributed by atoms with van der Waals surface area (Å²) in [5, 5.41) is 11.6. The lowest BCUT2D eigenvalue weighted by Gasteiger charge is -2.20. The predicted molar refractivity (Wildman–Crippen MR) is 118 cm³/mol. The lowest BCUT2D eigenvalue weighted by molar-refractivity contribution is -0.144. The van der Waals surface area contributed by atoms with Gasteiger partial charge < -0.3 is 24.8 Å². The number of rotatable bonds is 11. The summed E-state index contributed by atoms with van der Waals surface area (Å²) >= 11 is 0. The van der Waals surface area contributed by atoms with Gasteiger partial charge in [-0.3, -0.25) is 9.59 Å². The van der Waals surface area contributed by atoms with Crippen LogP contribution in [0.2, 0.25) is 0 Å². The van der Waals surface area contributed by atoms with Gasteiger partial charge in [0.2, 0.25) is 5.91 Å². The van der Waals surface area contributed by atoms with Crippen LogP contribution < -0.4 is 5.32 Å². The fraction of sp³-hybridized carbons (Fsp3) is 0.375. The molecule has 2 amide bonds. The zero-order valence-electron chi connectivity index (χ0n) is 18.1. The molecule has 0 spiro atoms. The molecule has 8 nitrogen and oxygen atoms in total. The molecule has 0 unspecified atom stereocenters. The third-order valence-corrected chi connectivity index (χ3v) is 5.42. The molecule has 2 N–H and O–H groups in total. The average Bonchev–Trinajstić information content (AvgIpc) is 3.11. The van der Waals surface area contributed by atoms with Gasteiger partial charge in [-0.15, -0.1) is 0 Å². The predicted octanol–water partition coefficient (Wildman–Crippen LogP) is 2.86. The van der Waals surface area contributed by atoms with Crippen LogP contribution in [0.5, 0.6) is 0 Å². The molecule has 1 aliphatic carbocycles. The Morgan fingerprint density at radius 3 is 2.25 bits per heavy atom. The standard InChI is InChI=1S/C24H28N2O6/c1-31-14-13-26(15-23(28)29)22(27)11-6-12-25-24(30)32-16-21-19-9-4-2-7-17(19)18-8-3-5-10-20(18)21/h2-5,7-10,21H,6,11-16H2,1H3,(H,25,30)(H,28,29). The molecule has 0 heterocycles. The number of carbonyl (C=O) groups excluding carboxylic acids is 2. The Morgan fingerprint density at radius 2 is 1.66 bits per heavy atom. The first kappa shape index (κ1) is 23.3. The van der Waals surface area contributed by atoms with Crippen molar-refractivity contribution in [2.75, 3.05) is 40.0 Å². The molecule has 1 aliphatic rings. The first-order valence-corrected chi connectivity index (χ1v) is 10.6. The highest BCUT2D eigenvalue weighted by Crippen LogP contribution is 2.44. The topological polar surface area (TPSA) is 105 Å². The minimum absolute atomic E-state index is 0.0138. The number of carboxylic acids is 1. The molecule has 0 aliphatic heterocycles. The third-order valence-electron chi connectivity index (χ3n) is 5.42. The molecule has 0 aromatic heterocycles. The van der Waals surface area contributed by atoms with Crippen LogP contribution in [0.1, 0.15) is 29.9 Å². The monoisotopic (exact) mass is 440 g/mol. The number of hydrogen-bond donors (Lipinski definition) is 2. The van der Waals surface area contributed by atoms with Crippen molar-refractivity contribution in [1.82, 2.24) is 10.2 Å². The van der Waals surface area contributed by atoms with Gasteiger partial charge in [0.05, 0.1) is 6.61 Å². The Balaban J connectivity index is 1.44. The van der Waals surface area contributed by atoms with Crippen LogP contribution >= 0.6 is 0 Å². The number of fused-ring (bicyclic) bond motifs is 3. The second-order valence-electron chi connectivity index (χ2n) is 7.56. The third kappa shape index (κ3) is 5.85. The quantitative estimate of drug-likeness (QED) is 0.521. The van der Waals surface area contributed by atoms with E-state index in [0.717, 1.165) is 22.3 Å². The molecule has 0 saturated heterocycles. The summed E-state index contributed by atoms with van der Waals surface area (Å²) < 4.78 is 10.4. The van der Waals surface area contributed by atoms with Crippen molar-refractivity contribution in [3.8, 4) is 11.1 Å². The van der Waals surface area contributed by atoms with E-state index in [0.29, 0.717) is 6.42 Å². The summed E-state index contributed by atoms with van der Waals surface area (Å²) in [6.07, 6.45) is -0.0339. The number of carboxylic acid groups (broad SMARTS) is 1. The van der Waals surface area contributed by atoms with Gasteiger partial charge in [-0.2, -0.15) is 0 Å². The largest absolute Gasteiger partial charge is 0.480 e. The number of aliphatic carboxylic acids is 1. The number of methoxy groups -OCH3 is 1. The minimum Gasteiger partial charge on any atom is -0.480 e. The summed E-state index contributed by atoms with van der Waals surface area (Å²) in [6.45, 7) is 0.580. The smallest absolute Gasteiger partial charge is 0.407 e. The first-order chi connectivity index (χ1) is 15.5. The molecule has 2 aromatic rings. The van der Waals surface area contributed by atoms with Crippen LogP contribution in [0.25, 0.3) is 11.1 Å². The van der Waals surface area contributed by atoms with Crippen LogP contribution in [0.4, 0.5) is 4.79 Å². The molecule has 3 rings (SSSR count). The maximum absolute atomic E-state index is 12.2. The highest BCUT2D eigenvalue weighted by Gasteiger charge is 2.29. The lowest BCUT2D eigenvalue weighted by Crippen LogP contribution is -2.38. The lowest BCUT2D eigenvalue weighted by atomic mass is 9.98. The molecule has 0 atom stereocenters. The molecule has 32 heavy (non-hydrogen) atoms. The van der Waals surface area contributed by atoms with Crippen LogP contribution in [0.3, 0.4) is 0 Å². The Bertz CT molecular complexity index is 916. The number of ether oxygens (including phenoxy) is 2. The van der Waals surface area contributed by atoms with Crippen molar-refractivity contribution >= 4 is 18.0 Å². The van der Waals surface area contributed by atoms with Gasteiger partial charge in [-0.25, -0.2) is 4.79 Å². The molecular formula is C24H28N2O6. The highest BCUT2D eigenvalue weighted by molar-refractivity contribution is 5.81. The van der Waals surface area contributed by atoms with Crippen LogP contribution in [-0.2, 0) is 19.1 Å². The van der Waals surface area contributed by atoms with Gasteiger partial charge in [0.25, 0.3) is 0 Å². The van der Waals surface area contributed by atoms with E-state index in [1.165, 1.54) is 12.0 Å². The van der Waals surface area contributed by atoms with Crippen molar-refractivity contribution in [2.24, 2.45) is 0 Å². The van der Waals surface area contributed by atoms with E-state index in [9.17, 15) is 14.4 Å². The van der Waals surface area contributed by atoms with E-state index in [1.54, 1.807) is 0 Å². The Labute approximate surface area is 187 Å². The van der Waals surface area contributed by atoms with E-state index >= 15 is 0 Å². The van der Waals surface area contributed by atoms with Crippen LogP contribution in [0, 0.1) is 0 Å². The Kier molecular flexibility index (Phi) is 8.21. The number of hydrogen-bond acceptors (Lipinski definition) is 5. The molecule has 2 aromatic carbocycles. The highest BCUT2D eigenvalue weighted by atomic mass is 16.5. The minimum atomic E-state index is -1.08. The Morgan fingerprint density at radius 1 is 1.03 bits per heavy atom. The fourth-order valence-corrected chi connectivity index (χ4v) is 3.89. The van der Waals surface area contributed by atoms with E-state index < -0.39 is 12.1 Å². The zero-order valence-corrected chi connectivity index (χ0v) is 18.1. The maximum atomic E-state index is 12.2. The van der Waals surface area contributed by atoms with Crippen molar-refractivity contribution in [1.29, 1.82) is 0 Å². The fourth-order valence-electron chi connectivity index (χ4n) is 3.89. The normalized spacial score (nSPS) is 12.0. The van der Waals surface area contributed by atoms with Gasteiger partial charge in [-0.1, -0.05) is 48.5 Å². The molecule has 0 bridgehead atoms. The van der Waals surface area contributed by atoms with Crippen LogP contribution in [-0.4, -0.2) is 67.9 Å². The van der Waals surface area contributed by atoms with Crippen molar-refractivity contribution in [2.45, 2.75) is 18.8 Å². The van der Waals surface area contributed by atoms with Gasteiger partial charge in [0, 0.05) is 32.5 Å². The van der Waals surface area contributed by atoms with E-state index in [2.05, 4.69) is 29.6 Å². The summed E-state index contributed by atoms with van der Waals surface area (Å²) in [5.41, 5.74) is 4.60. The van der Waals surface area contributed by atoms with Gasteiger partial charge in [0.15, 0.2) is 0 Å². The summed E-state index contributed by atoms with van der Waals surface area (Å²) in [7, 11) is 1.49. The van der Waals surface area contributed by atoms with Crippen molar-refractivity contribution < 1.29 is 29.0 Å². The number of nitrogens with zero attached hydrogens (tertiary/aromatic N) is 1. The van der Waals surface area contributed by atoms with Gasteiger partial charge >= 0.3 is 12.1 Å². The molecule has 0 saturated carbocycles. The molecule has 0 radical (unpaired) electrons. The number of carbonyl (C=O) groups is 3. The van der Waals surface area contributed by atoms with Gasteiger partial charge in [0.1, 0.15) is 13.2 Å². The number of amides is 2. The summed E-state index contributed by atoms with van der Waals surface area (Å²) in [5.74, 6) is -1.38.